The summed E-state index contributed by atoms with van der Waals surface area (Å²) in [7, 11) is 1.48. The Morgan fingerprint density at radius 2 is 1.44 bits per heavy atom. The predicted octanol–water partition coefficient (Wildman–Crippen LogP) is 5.48. The molecule has 32 heavy (non-hydrogen) atoms. The summed E-state index contributed by atoms with van der Waals surface area (Å²) in [6.45, 7) is 5.49. The molecule has 4 rings (SSSR count). The Morgan fingerprint density at radius 3 is 1.94 bits per heavy atom. The van der Waals surface area contributed by atoms with E-state index in [1.165, 1.54) is 18.9 Å². The lowest BCUT2D eigenvalue weighted by Crippen LogP contribution is -2.51. The van der Waals surface area contributed by atoms with Crippen molar-refractivity contribution in [2.24, 2.45) is 0 Å². The largest absolute Gasteiger partial charge is 0.479 e. The summed E-state index contributed by atoms with van der Waals surface area (Å²) in [5.74, 6) is -1.20. The Labute approximate surface area is 188 Å². The number of aliphatic carboxylic acids is 1. The SMILES string of the molecule is Cc1cc(C)cc(C(C)(C(=O)O)N(C)C(=O)OCC2c3ccccc3-c3ccccc32)c1. The number of carbonyl (C=O) groups is 2. The van der Waals surface area contributed by atoms with Gasteiger partial charge in [0.15, 0.2) is 5.54 Å². The van der Waals surface area contributed by atoms with Crippen molar-refractivity contribution in [3.63, 3.8) is 0 Å². The molecular weight excluding hydrogens is 402 g/mol. The van der Waals surface area contributed by atoms with E-state index in [2.05, 4.69) is 24.3 Å². The number of amides is 1. The summed E-state index contributed by atoms with van der Waals surface area (Å²) in [5, 5.41) is 10.1. The highest BCUT2D eigenvalue weighted by molar-refractivity contribution is 5.85. The van der Waals surface area contributed by atoms with Crippen LogP contribution in [0, 0.1) is 13.8 Å². The topological polar surface area (TPSA) is 66.8 Å². The molecule has 164 valence electrons. The lowest BCUT2D eigenvalue weighted by molar-refractivity contribution is -0.149. The number of nitrogens with zero attached hydrogens (tertiary/aromatic N) is 1. The fourth-order valence-electron chi connectivity index (χ4n) is 4.59. The molecule has 0 fully saturated rings. The van der Waals surface area contributed by atoms with Crippen molar-refractivity contribution in [1.82, 2.24) is 4.90 Å². The van der Waals surface area contributed by atoms with Gasteiger partial charge < -0.3 is 9.84 Å². The van der Waals surface area contributed by atoms with Gasteiger partial charge in [-0.25, -0.2) is 9.59 Å². The molecular formula is C27H27NO4. The zero-order chi connectivity index (χ0) is 23.0. The molecule has 0 saturated carbocycles. The first-order valence-corrected chi connectivity index (χ1v) is 10.6. The van der Waals surface area contributed by atoms with Gasteiger partial charge in [0.2, 0.25) is 0 Å². The molecule has 5 nitrogen and oxygen atoms in total. The second-order valence-corrected chi connectivity index (χ2v) is 8.62. The number of carboxylic acids is 1. The van der Waals surface area contributed by atoms with E-state index in [4.69, 9.17) is 4.74 Å². The molecule has 0 saturated heterocycles. The fraction of sp³-hybridized carbons (Fsp3) is 0.259. The van der Waals surface area contributed by atoms with Crippen LogP contribution in [0.15, 0.2) is 66.7 Å². The molecule has 1 aliphatic rings. The maximum atomic E-state index is 13.1. The number of benzene rings is 3. The molecule has 3 aromatic carbocycles. The minimum absolute atomic E-state index is 0.0861. The number of fused-ring (bicyclic) bond motifs is 3. The Kier molecular flexibility index (Phi) is 5.51. The molecule has 1 aliphatic carbocycles. The van der Waals surface area contributed by atoms with Crippen LogP contribution >= 0.6 is 0 Å². The number of carboxylic acid groups (broad SMARTS) is 1. The van der Waals surface area contributed by atoms with E-state index in [9.17, 15) is 14.7 Å². The summed E-state index contributed by atoms with van der Waals surface area (Å²) in [6, 6.07) is 21.8. The molecule has 1 atom stereocenters. The van der Waals surface area contributed by atoms with Gasteiger partial charge in [0.05, 0.1) is 0 Å². The van der Waals surface area contributed by atoms with Crippen LogP contribution < -0.4 is 0 Å². The van der Waals surface area contributed by atoms with Crippen molar-refractivity contribution in [3.05, 3.63) is 94.5 Å². The highest BCUT2D eigenvalue weighted by atomic mass is 16.6. The average molecular weight is 430 g/mol. The maximum absolute atomic E-state index is 13.1. The summed E-state index contributed by atoms with van der Waals surface area (Å²) in [4.78, 5) is 26.6. The number of aryl methyl sites for hydroxylation is 2. The second kappa shape index (κ2) is 8.15. The summed E-state index contributed by atoms with van der Waals surface area (Å²) in [5.41, 5.74) is 5.37. The number of ether oxygens (including phenoxy) is 1. The number of likely N-dealkylation sites (N-methyl/N-ethyl adjacent to an activating group) is 1. The van der Waals surface area contributed by atoms with Gasteiger partial charge in [-0.05, 0) is 48.6 Å². The lowest BCUT2D eigenvalue weighted by atomic mass is 9.88. The van der Waals surface area contributed by atoms with Crippen molar-refractivity contribution < 1.29 is 19.4 Å². The van der Waals surface area contributed by atoms with Gasteiger partial charge in [-0.15, -0.1) is 0 Å². The predicted molar refractivity (Wildman–Crippen MR) is 124 cm³/mol. The lowest BCUT2D eigenvalue weighted by Gasteiger charge is -2.35. The molecule has 0 radical (unpaired) electrons. The summed E-state index contributed by atoms with van der Waals surface area (Å²) in [6.07, 6.45) is -0.670. The molecule has 0 bridgehead atoms. The number of hydrogen-bond acceptors (Lipinski definition) is 3. The van der Waals surface area contributed by atoms with Crippen LogP contribution in [0.1, 0.15) is 40.7 Å². The normalized spacial score (nSPS) is 14.2. The van der Waals surface area contributed by atoms with Gasteiger partial charge in [-0.2, -0.15) is 0 Å². The first kappa shape index (κ1) is 21.6. The summed E-state index contributed by atoms with van der Waals surface area (Å²) >= 11 is 0. The molecule has 5 heteroatoms. The van der Waals surface area contributed by atoms with Crippen molar-refractivity contribution in [2.75, 3.05) is 13.7 Å². The Hall–Kier alpha value is -3.60. The van der Waals surface area contributed by atoms with Crippen LogP contribution in [0.2, 0.25) is 0 Å². The average Bonchev–Trinajstić information content (AvgIpc) is 3.09. The molecule has 0 heterocycles. The van der Waals surface area contributed by atoms with E-state index in [0.29, 0.717) is 5.56 Å². The molecule has 1 amide bonds. The first-order valence-electron chi connectivity index (χ1n) is 10.6. The van der Waals surface area contributed by atoms with Crippen molar-refractivity contribution in [2.45, 2.75) is 32.2 Å². The molecule has 1 unspecified atom stereocenters. The number of rotatable bonds is 5. The number of hydrogen-bond donors (Lipinski definition) is 1. The van der Waals surface area contributed by atoms with Crippen LogP contribution in [0.5, 0.6) is 0 Å². The monoisotopic (exact) mass is 429 g/mol. The zero-order valence-electron chi connectivity index (χ0n) is 18.8. The Bertz CT molecular complexity index is 1140. The van der Waals surface area contributed by atoms with Crippen LogP contribution in [-0.4, -0.2) is 35.7 Å². The van der Waals surface area contributed by atoms with Gasteiger partial charge in [-0.1, -0.05) is 77.9 Å². The highest BCUT2D eigenvalue weighted by Crippen LogP contribution is 2.44. The van der Waals surface area contributed by atoms with E-state index >= 15 is 0 Å². The van der Waals surface area contributed by atoms with Gasteiger partial charge in [0.25, 0.3) is 0 Å². The maximum Gasteiger partial charge on any atom is 0.410 e. The molecule has 0 spiro atoms. The van der Waals surface area contributed by atoms with Gasteiger partial charge in [-0.3, -0.25) is 4.90 Å². The molecule has 0 aliphatic heterocycles. The second-order valence-electron chi connectivity index (χ2n) is 8.62. The quantitative estimate of drug-likeness (QED) is 0.583. The first-order chi connectivity index (χ1) is 15.2. The van der Waals surface area contributed by atoms with Crippen LogP contribution in [0.25, 0.3) is 11.1 Å². The molecule has 1 N–H and O–H groups in total. The van der Waals surface area contributed by atoms with E-state index < -0.39 is 17.6 Å². The minimum Gasteiger partial charge on any atom is -0.479 e. The van der Waals surface area contributed by atoms with Gasteiger partial charge in [0, 0.05) is 13.0 Å². The van der Waals surface area contributed by atoms with Crippen molar-refractivity contribution in [1.29, 1.82) is 0 Å². The summed E-state index contributed by atoms with van der Waals surface area (Å²) < 4.78 is 5.70. The van der Waals surface area contributed by atoms with Gasteiger partial charge in [0.1, 0.15) is 6.61 Å². The Morgan fingerprint density at radius 1 is 0.938 bits per heavy atom. The minimum atomic E-state index is -1.56. The van der Waals surface area contributed by atoms with Crippen LogP contribution in [-0.2, 0) is 15.1 Å². The smallest absolute Gasteiger partial charge is 0.410 e. The third kappa shape index (κ3) is 3.54. The highest BCUT2D eigenvalue weighted by Gasteiger charge is 2.43. The van der Waals surface area contributed by atoms with Crippen LogP contribution in [0.3, 0.4) is 0 Å². The van der Waals surface area contributed by atoms with Crippen molar-refractivity contribution in [3.8, 4) is 11.1 Å². The molecule has 3 aromatic rings. The molecule has 0 aromatic heterocycles. The van der Waals surface area contributed by atoms with Crippen molar-refractivity contribution >= 4 is 12.1 Å². The number of carbonyl (C=O) groups excluding carboxylic acids is 1. The zero-order valence-corrected chi connectivity index (χ0v) is 18.8. The standard InChI is InChI=1S/C27H27NO4/c1-17-13-18(2)15-19(14-17)27(3,25(29)30)28(4)26(31)32-16-24-22-11-7-5-9-20(22)21-10-6-8-12-23(21)24/h5-15,24H,16H2,1-4H3,(H,29,30). The van der Waals surface area contributed by atoms with Crippen LogP contribution in [0.4, 0.5) is 4.79 Å². The van der Waals surface area contributed by atoms with E-state index in [1.807, 2.05) is 44.2 Å². The third-order valence-corrected chi connectivity index (χ3v) is 6.48. The van der Waals surface area contributed by atoms with E-state index in [-0.39, 0.29) is 12.5 Å². The Balaban J connectivity index is 1.59. The van der Waals surface area contributed by atoms with Gasteiger partial charge >= 0.3 is 12.1 Å². The third-order valence-electron chi connectivity index (χ3n) is 6.48. The van der Waals surface area contributed by atoms with E-state index in [1.54, 1.807) is 12.1 Å². The fourth-order valence-corrected chi connectivity index (χ4v) is 4.59. The van der Waals surface area contributed by atoms with E-state index in [0.717, 1.165) is 33.4 Å².